The molecule has 0 saturated heterocycles. The van der Waals surface area contributed by atoms with Crippen molar-refractivity contribution in [1.29, 1.82) is 0 Å². The normalized spacial score (nSPS) is 19.4. The molecule has 162 valence electrons. The lowest BCUT2D eigenvalue weighted by atomic mass is 9.86. The van der Waals surface area contributed by atoms with Gasteiger partial charge in [-0.1, -0.05) is 11.6 Å². The van der Waals surface area contributed by atoms with E-state index in [0.29, 0.717) is 18.0 Å². The van der Waals surface area contributed by atoms with E-state index in [4.69, 9.17) is 11.6 Å². The average molecular weight is 444 g/mol. The van der Waals surface area contributed by atoms with Gasteiger partial charge in [0, 0.05) is 30.5 Å². The van der Waals surface area contributed by atoms with Gasteiger partial charge >= 0.3 is 6.18 Å². The van der Waals surface area contributed by atoms with Gasteiger partial charge in [0.05, 0.1) is 21.8 Å². The van der Waals surface area contributed by atoms with Crippen LogP contribution in [-0.2, 0) is 12.9 Å². The number of halogens is 5. The minimum absolute atomic E-state index is 0.0116. The van der Waals surface area contributed by atoms with Crippen molar-refractivity contribution in [3.05, 3.63) is 58.4 Å². The summed E-state index contributed by atoms with van der Waals surface area (Å²) in [6, 6.07) is 4.34. The predicted molar refractivity (Wildman–Crippen MR) is 107 cm³/mol. The first kappa shape index (κ1) is 22.3. The number of benzene rings is 1. The van der Waals surface area contributed by atoms with Crippen molar-refractivity contribution in [1.82, 2.24) is 10.3 Å². The molecule has 0 atom stereocenters. The molecule has 1 aliphatic carbocycles. The summed E-state index contributed by atoms with van der Waals surface area (Å²) in [6.07, 6.45) is 1.73. The Morgan fingerprint density at radius 2 is 1.87 bits per heavy atom. The number of alkyl halides is 4. The standard InChI is InChI=1S/C21H22ClF4N3O/c22-19-6-3-15(21(24,25)26)8-18(19)20(30)29-16-4-1-13(2-5-16)11-28-17-7-14(9-23)10-27-12-17/h3,6-8,10,12-13,16,28H,1-2,4-5,9,11H2,(H,29,30). The number of hydrogen-bond acceptors (Lipinski definition) is 3. The van der Waals surface area contributed by atoms with E-state index in [1.54, 1.807) is 12.3 Å². The number of amides is 1. The summed E-state index contributed by atoms with van der Waals surface area (Å²) < 4.78 is 51.4. The van der Waals surface area contributed by atoms with E-state index in [-0.39, 0.29) is 16.6 Å². The van der Waals surface area contributed by atoms with Gasteiger partial charge in [-0.05, 0) is 55.9 Å². The van der Waals surface area contributed by atoms with Crippen molar-refractivity contribution in [2.24, 2.45) is 5.92 Å². The average Bonchev–Trinajstić information content (AvgIpc) is 2.73. The third-order valence-electron chi connectivity index (χ3n) is 5.26. The first-order valence-corrected chi connectivity index (χ1v) is 10.1. The van der Waals surface area contributed by atoms with E-state index in [2.05, 4.69) is 15.6 Å². The maximum absolute atomic E-state index is 12.9. The van der Waals surface area contributed by atoms with Gasteiger partial charge in [0.25, 0.3) is 5.91 Å². The quantitative estimate of drug-likeness (QED) is 0.569. The van der Waals surface area contributed by atoms with Crippen LogP contribution in [0.3, 0.4) is 0 Å². The molecule has 4 nitrogen and oxygen atoms in total. The smallest absolute Gasteiger partial charge is 0.384 e. The Morgan fingerprint density at radius 1 is 1.13 bits per heavy atom. The van der Waals surface area contributed by atoms with Gasteiger partial charge in [0.1, 0.15) is 6.67 Å². The Labute approximate surface area is 177 Å². The van der Waals surface area contributed by atoms with Crippen LogP contribution in [-0.4, -0.2) is 23.5 Å². The molecule has 2 aromatic rings. The molecule has 1 aromatic carbocycles. The fraction of sp³-hybridized carbons (Fsp3) is 0.429. The van der Waals surface area contributed by atoms with Crippen LogP contribution in [0.4, 0.5) is 23.2 Å². The van der Waals surface area contributed by atoms with E-state index >= 15 is 0 Å². The molecule has 1 fully saturated rings. The molecule has 2 N–H and O–H groups in total. The Balaban J connectivity index is 1.50. The molecule has 1 aromatic heterocycles. The molecule has 0 spiro atoms. The SMILES string of the molecule is O=C(NC1CCC(CNc2cncc(CF)c2)CC1)c1cc(C(F)(F)F)ccc1Cl. The maximum atomic E-state index is 12.9. The fourth-order valence-electron chi connectivity index (χ4n) is 3.57. The van der Waals surface area contributed by atoms with Gasteiger partial charge in [-0.3, -0.25) is 9.78 Å². The number of nitrogens with zero attached hydrogens (tertiary/aromatic N) is 1. The monoisotopic (exact) mass is 443 g/mol. The zero-order chi connectivity index (χ0) is 21.7. The molecule has 0 unspecified atom stereocenters. The van der Waals surface area contributed by atoms with Crippen LogP contribution in [0.25, 0.3) is 0 Å². The van der Waals surface area contributed by atoms with E-state index < -0.39 is 24.3 Å². The van der Waals surface area contributed by atoms with Crippen molar-refractivity contribution in [3.8, 4) is 0 Å². The van der Waals surface area contributed by atoms with Crippen LogP contribution in [0.15, 0.2) is 36.7 Å². The van der Waals surface area contributed by atoms with Gasteiger partial charge in [0.15, 0.2) is 0 Å². The second kappa shape index (κ2) is 9.64. The number of pyridine rings is 1. The third kappa shape index (κ3) is 5.84. The molecule has 0 radical (unpaired) electrons. The van der Waals surface area contributed by atoms with Gasteiger partial charge in [-0.15, -0.1) is 0 Å². The number of hydrogen-bond donors (Lipinski definition) is 2. The van der Waals surface area contributed by atoms with Crippen LogP contribution in [0.1, 0.15) is 47.2 Å². The summed E-state index contributed by atoms with van der Waals surface area (Å²) in [5.41, 5.74) is 0.202. The highest BCUT2D eigenvalue weighted by Crippen LogP contribution is 2.32. The largest absolute Gasteiger partial charge is 0.416 e. The van der Waals surface area contributed by atoms with Crippen LogP contribution in [0.5, 0.6) is 0 Å². The van der Waals surface area contributed by atoms with Gasteiger partial charge in [-0.25, -0.2) is 4.39 Å². The van der Waals surface area contributed by atoms with E-state index in [0.717, 1.165) is 49.6 Å². The fourth-order valence-corrected chi connectivity index (χ4v) is 3.77. The maximum Gasteiger partial charge on any atom is 0.416 e. The lowest BCUT2D eigenvalue weighted by Gasteiger charge is -2.29. The van der Waals surface area contributed by atoms with Crippen molar-refractivity contribution in [3.63, 3.8) is 0 Å². The van der Waals surface area contributed by atoms with Gasteiger partial charge in [0.2, 0.25) is 0 Å². The molecule has 0 bridgehead atoms. The molecule has 9 heteroatoms. The first-order valence-electron chi connectivity index (χ1n) is 9.67. The summed E-state index contributed by atoms with van der Waals surface area (Å²) >= 11 is 5.94. The van der Waals surface area contributed by atoms with Crippen molar-refractivity contribution in [2.45, 2.75) is 44.6 Å². The topological polar surface area (TPSA) is 54.0 Å². The zero-order valence-corrected chi connectivity index (χ0v) is 16.9. The lowest BCUT2D eigenvalue weighted by Crippen LogP contribution is -2.38. The molecule has 1 aliphatic rings. The van der Waals surface area contributed by atoms with Crippen molar-refractivity contribution < 1.29 is 22.4 Å². The number of nitrogens with one attached hydrogen (secondary N) is 2. The van der Waals surface area contributed by atoms with E-state index in [1.165, 1.54) is 6.20 Å². The lowest BCUT2D eigenvalue weighted by molar-refractivity contribution is -0.137. The Kier molecular flexibility index (Phi) is 7.18. The molecule has 3 rings (SSSR count). The van der Waals surface area contributed by atoms with Crippen LogP contribution in [0.2, 0.25) is 5.02 Å². The molecule has 1 saturated carbocycles. The summed E-state index contributed by atoms with van der Waals surface area (Å²) in [7, 11) is 0. The van der Waals surface area contributed by atoms with Crippen LogP contribution in [0, 0.1) is 5.92 Å². The highest BCUT2D eigenvalue weighted by atomic mass is 35.5. The van der Waals surface area contributed by atoms with Crippen LogP contribution >= 0.6 is 11.6 Å². The third-order valence-corrected chi connectivity index (χ3v) is 5.59. The van der Waals surface area contributed by atoms with Crippen LogP contribution < -0.4 is 10.6 Å². The summed E-state index contributed by atoms with van der Waals surface area (Å²) in [6.45, 7) is 0.140. The van der Waals surface area contributed by atoms with Crippen molar-refractivity contribution in [2.75, 3.05) is 11.9 Å². The molecular formula is C21H22ClF4N3O. The summed E-state index contributed by atoms with van der Waals surface area (Å²) in [5, 5.41) is 6.05. The molecule has 1 heterocycles. The molecule has 30 heavy (non-hydrogen) atoms. The minimum atomic E-state index is -4.54. The van der Waals surface area contributed by atoms with Gasteiger partial charge < -0.3 is 10.6 Å². The second-order valence-electron chi connectivity index (χ2n) is 7.48. The first-order chi connectivity index (χ1) is 14.3. The zero-order valence-electron chi connectivity index (χ0n) is 16.1. The van der Waals surface area contributed by atoms with E-state index in [9.17, 15) is 22.4 Å². The number of anilines is 1. The summed E-state index contributed by atoms with van der Waals surface area (Å²) in [4.78, 5) is 16.4. The minimum Gasteiger partial charge on any atom is -0.384 e. The number of carbonyl (C=O) groups excluding carboxylic acids is 1. The number of aromatic nitrogens is 1. The molecule has 0 aliphatic heterocycles. The Bertz CT molecular complexity index is 883. The highest BCUT2D eigenvalue weighted by molar-refractivity contribution is 6.33. The van der Waals surface area contributed by atoms with Crippen molar-refractivity contribution >= 4 is 23.2 Å². The molecule has 1 amide bonds. The van der Waals surface area contributed by atoms with E-state index in [1.807, 2.05) is 0 Å². The number of carbonyl (C=O) groups is 1. The van der Waals surface area contributed by atoms with Gasteiger partial charge in [-0.2, -0.15) is 13.2 Å². The Hall–Kier alpha value is -2.35. The Morgan fingerprint density at radius 3 is 2.53 bits per heavy atom. The second-order valence-corrected chi connectivity index (χ2v) is 7.89. The number of rotatable bonds is 6. The molecular weight excluding hydrogens is 422 g/mol. The predicted octanol–water partition coefficient (Wildman–Crippen LogP) is 5.62. The highest BCUT2D eigenvalue weighted by Gasteiger charge is 2.32. The summed E-state index contributed by atoms with van der Waals surface area (Å²) in [5.74, 6) is -0.217.